The van der Waals surface area contributed by atoms with E-state index in [1.165, 1.54) is 6.26 Å². The van der Waals surface area contributed by atoms with Gasteiger partial charge in [-0.15, -0.1) is 0 Å². The molecule has 3 heteroatoms. The standard InChI is InChI=1S/C5H6N2O/c6-5-4-7-2-1-3-8-5/h1-3,6H,4H2. The molecule has 0 atom stereocenters. The summed E-state index contributed by atoms with van der Waals surface area (Å²) in [5, 5.41) is 6.94. The fourth-order valence-electron chi connectivity index (χ4n) is 0.390. The summed E-state index contributed by atoms with van der Waals surface area (Å²) < 4.78 is 4.68. The van der Waals surface area contributed by atoms with Crippen molar-refractivity contribution in [1.82, 2.24) is 0 Å². The molecule has 3 nitrogen and oxygen atoms in total. The molecule has 1 aliphatic heterocycles. The monoisotopic (exact) mass is 110 g/mol. The summed E-state index contributed by atoms with van der Waals surface area (Å²) in [6.45, 7) is 0.354. The van der Waals surface area contributed by atoms with Crippen molar-refractivity contribution >= 4 is 12.1 Å². The fraction of sp³-hybridized carbons (Fsp3) is 0.200. The van der Waals surface area contributed by atoms with Gasteiger partial charge in [-0.2, -0.15) is 0 Å². The summed E-state index contributed by atoms with van der Waals surface area (Å²) in [7, 11) is 0. The molecule has 8 heavy (non-hydrogen) atoms. The van der Waals surface area contributed by atoms with E-state index in [9.17, 15) is 0 Å². The molecule has 0 aromatic carbocycles. The van der Waals surface area contributed by atoms with E-state index in [1.807, 2.05) is 0 Å². The first-order valence-corrected chi connectivity index (χ1v) is 2.28. The predicted molar refractivity (Wildman–Crippen MR) is 31.3 cm³/mol. The van der Waals surface area contributed by atoms with Crippen LogP contribution in [0, 0.1) is 5.41 Å². The molecule has 0 saturated carbocycles. The lowest BCUT2D eigenvalue weighted by Gasteiger charge is -1.92. The first kappa shape index (κ1) is 5.03. The molecule has 0 radical (unpaired) electrons. The fourth-order valence-corrected chi connectivity index (χ4v) is 0.390. The highest BCUT2D eigenvalue weighted by atomic mass is 16.5. The molecule has 0 fully saturated rings. The van der Waals surface area contributed by atoms with Crippen molar-refractivity contribution in [3.63, 3.8) is 0 Å². The summed E-state index contributed by atoms with van der Waals surface area (Å²) >= 11 is 0. The van der Waals surface area contributed by atoms with Gasteiger partial charge in [-0.3, -0.25) is 10.4 Å². The van der Waals surface area contributed by atoms with E-state index >= 15 is 0 Å². The van der Waals surface area contributed by atoms with Gasteiger partial charge in [0.05, 0.1) is 6.26 Å². The van der Waals surface area contributed by atoms with Crippen molar-refractivity contribution in [2.24, 2.45) is 4.99 Å². The van der Waals surface area contributed by atoms with E-state index in [0.29, 0.717) is 6.54 Å². The van der Waals surface area contributed by atoms with Gasteiger partial charge in [0.1, 0.15) is 6.54 Å². The van der Waals surface area contributed by atoms with E-state index in [1.54, 1.807) is 12.3 Å². The summed E-state index contributed by atoms with van der Waals surface area (Å²) in [6.07, 6.45) is 4.71. The van der Waals surface area contributed by atoms with E-state index in [4.69, 9.17) is 5.41 Å². The Balaban J connectivity index is 2.58. The molecular formula is C5H6N2O. The van der Waals surface area contributed by atoms with Crippen molar-refractivity contribution in [3.05, 3.63) is 12.3 Å². The molecule has 0 bridgehead atoms. The minimum atomic E-state index is 0.190. The van der Waals surface area contributed by atoms with Gasteiger partial charge in [0.15, 0.2) is 0 Å². The van der Waals surface area contributed by atoms with Crippen molar-refractivity contribution in [1.29, 1.82) is 5.41 Å². The average Bonchev–Trinajstić information content (AvgIpc) is 1.94. The summed E-state index contributed by atoms with van der Waals surface area (Å²) in [6, 6.07) is 0. The molecule has 0 aliphatic carbocycles. The number of rotatable bonds is 0. The molecule has 1 heterocycles. The zero-order valence-electron chi connectivity index (χ0n) is 4.29. The summed E-state index contributed by atoms with van der Waals surface area (Å²) in [4.78, 5) is 3.79. The Morgan fingerprint density at radius 1 is 1.75 bits per heavy atom. The molecular weight excluding hydrogens is 104 g/mol. The van der Waals surface area contributed by atoms with E-state index in [0.717, 1.165) is 0 Å². The van der Waals surface area contributed by atoms with Gasteiger partial charge < -0.3 is 4.74 Å². The number of ether oxygens (including phenoxy) is 1. The van der Waals surface area contributed by atoms with Crippen molar-refractivity contribution in [2.75, 3.05) is 6.54 Å². The SMILES string of the molecule is N=C1CN=CC=CO1. The van der Waals surface area contributed by atoms with Crippen LogP contribution in [0.25, 0.3) is 0 Å². The maximum absolute atomic E-state index is 6.94. The number of aliphatic imine (C=N–C) groups is 1. The van der Waals surface area contributed by atoms with Crippen LogP contribution in [-0.2, 0) is 4.74 Å². The zero-order chi connectivity index (χ0) is 5.82. The third kappa shape index (κ3) is 1.18. The van der Waals surface area contributed by atoms with Crippen LogP contribution >= 0.6 is 0 Å². The number of nitrogens with zero attached hydrogens (tertiary/aromatic N) is 1. The smallest absolute Gasteiger partial charge is 0.208 e. The highest BCUT2D eigenvalue weighted by Gasteiger charge is 1.92. The number of allylic oxidation sites excluding steroid dienone is 1. The largest absolute Gasteiger partial charge is 0.449 e. The van der Waals surface area contributed by atoms with E-state index in [-0.39, 0.29) is 5.90 Å². The van der Waals surface area contributed by atoms with Crippen LogP contribution in [0.3, 0.4) is 0 Å². The second kappa shape index (κ2) is 2.26. The molecule has 0 amide bonds. The molecule has 0 saturated heterocycles. The molecule has 1 rings (SSSR count). The topological polar surface area (TPSA) is 45.4 Å². The zero-order valence-corrected chi connectivity index (χ0v) is 4.29. The molecule has 0 aromatic rings. The predicted octanol–water partition coefficient (Wildman–Crippen LogP) is 0.578. The van der Waals surface area contributed by atoms with Gasteiger partial charge in [0.2, 0.25) is 5.90 Å². The molecule has 0 aromatic heterocycles. The Bertz CT molecular complexity index is 133. The van der Waals surface area contributed by atoms with Crippen LogP contribution in [-0.4, -0.2) is 18.7 Å². The van der Waals surface area contributed by atoms with Crippen LogP contribution in [0.4, 0.5) is 0 Å². The second-order valence-electron chi connectivity index (χ2n) is 1.36. The number of hydrogen-bond acceptors (Lipinski definition) is 3. The van der Waals surface area contributed by atoms with E-state index in [2.05, 4.69) is 9.73 Å². The lowest BCUT2D eigenvalue weighted by molar-refractivity contribution is 0.461. The molecule has 1 N–H and O–H groups in total. The van der Waals surface area contributed by atoms with Gasteiger partial charge in [-0.05, 0) is 6.08 Å². The maximum atomic E-state index is 6.94. The minimum absolute atomic E-state index is 0.190. The Labute approximate surface area is 47.2 Å². The van der Waals surface area contributed by atoms with Gasteiger partial charge in [0, 0.05) is 6.21 Å². The van der Waals surface area contributed by atoms with Gasteiger partial charge in [0.25, 0.3) is 0 Å². The van der Waals surface area contributed by atoms with Crippen LogP contribution in [0.1, 0.15) is 0 Å². The summed E-state index contributed by atoms with van der Waals surface area (Å²) in [5.74, 6) is 0.190. The molecule has 0 spiro atoms. The van der Waals surface area contributed by atoms with Gasteiger partial charge in [-0.1, -0.05) is 0 Å². The summed E-state index contributed by atoms with van der Waals surface area (Å²) in [5.41, 5.74) is 0. The third-order valence-electron chi connectivity index (χ3n) is 0.715. The second-order valence-corrected chi connectivity index (χ2v) is 1.36. The lowest BCUT2D eigenvalue weighted by Crippen LogP contribution is -2.00. The molecule has 1 aliphatic rings. The number of nitrogens with one attached hydrogen (secondary N) is 1. The molecule has 0 unspecified atom stereocenters. The highest BCUT2D eigenvalue weighted by molar-refractivity contribution is 5.81. The quantitative estimate of drug-likeness (QED) is 0.487. The Kier molecular flexibility index (Phi) is 1.42. The van der Waals surface area contributed by atoms with Crippen LogP contribution in [0.2, 0.25) is 0 Å². The Morgan fingerprint density at radius 3 is 3.50 bits per heavy atom. The van der Waals surface area contributed by atoms with E-state index < -0.39 is 0 Å². The lowest BCUT2D eigenvalue weighted by atomic mass is 10.6. The Hall–Kier alpha value is -1.12. The average molecular weight is 110 g/mol. The number of hydrogen-bond donors (Lipinski definition) is 1. The molecule has 42 valence electrons. The van der Waals surface area contributed by atoms with Crippen molar-refractivity contribution in [3.8, 4) is 0 Å². The van der Waals surface area contributed by atoms with Crippen molar-refractivity contribution < 1.29 is 4.74 Å². The van der Waals surface area contributed by atoms with Gasteiger partial charge >= 0.3 is 0 Å². The van der Waals surface area contributed by atoms with Crippen LogP contribution in [0.5, 0.6) is 0 Å². The highest BCUT2D eigenvalue weighted by Crippen LogP contribution is 1.85. The minimum Gasteiger partial charge on any atom is -0.449 e. The normalized spacial score (nSPS) is 17.8. The van der Waals surface area contributed by atoms with Crippen molar-refractivity contribution in [2.45, 2.75) is 0 Å². The van der Waals surface area contributed by atoms with Gasteiger partial charge in [-0.25, -0.2) is 0 Å². The first-order chi connectivity index (χ1) is 3.89. The maximum Gasteiger partial charge on any atom is 0.208 e. The Morgan fingerprint density at radius 2 is 2.62 bits per heavy atom. The van der Waals surface area contributed by atoms with Crippen LogP contribution in [0.15, 0.2) is 17.3 Å². The third-order valence-corrected chi connectivity index (χ3v) is 0.715. The van der Waals surface area contributed by atoms with Crippen LogP contribution < -0.4 is 0 Å². The first-order valence-electron chi connectivity index (χ1n) is 2.28.